The molecule has 102 valence electrons. The number of benzene rings is 2. The molecule has 0 saturated heterocycles. The van der Waals surface area contributed by atoms with Crippen LogP contribution in [0.1, 0.15) is 0 Å². The molecule has 0 aliphatic carbocycles. The summed E-state index contributed by atoms with van der Waals surface area (Å²) in [6.45, 7) is 0. The molecule has 0 atom stereocenters. The molecule has 2 aromatic rings. The van der Waals surface area contributed by atoms with Crippen LogP contribution < -0.4 is 0 Å². The van der Waals surface area contributed by atoms with E-state index in [0.717, 1.165) is 18.7 Å². The monoisotopic (exact) mass is 442 g/mol. The maximum atomic E-state index is 10.0. The smallest absolute Gasteiger partial charge is 0.244 e. The van der Waals surface area contributed by atoms with Crippen LogP contribution in [-0.2, 0) is 10.1 Å². The molecule has 2 aromatic carbocycles. The van der Waals surface area contributed by atoms with Gasteiger partial charge in [0, 0.05) is 18.7 Å². The molecule has 0 aliphatic rings. The largest absolute Gasteiger partial charge is 0.337 e. The van der Waals surface area contributed by atoms with Gasteiger partial charge in [-0.3, -0.25) is 0 Å². The number of rotatable bonds is 2. The van der Waals surface area contributed by atoms with E-state index in [2.05, 4.69) is 31.9 Å². The molecule has 0 radical (unpaired) electrons. The van der Waals surface area contributed by atoms with Crippen LogP contribution in [0.15, 0.2) is 67.3 Å². The Hall–Kier alpha value is 0.390. The van der Waals surface area contributed by atoms with E-state index < -0.39 is 15.9 Å². The fourth-order valence-electron chi connectivity index (χ4n) is 1.57. The Balaban J connectivity index is 2.79. The van der Waals surface area contributed by atoms with E-state index in [1.165, 1.54) is 0 Å². The molecule has 0 heterocycles. The second-order valence-corrected chi connectivity index (χ2v) is 12.4. The van der Waals surface area contributed by atoms with E-state index in [1.807, 2.05) is 48.5 Å². The highest BCUT2D eigenvalue weighted by Crippen LogP contribution is 2.54. The summed E-state index contributed by atoms with van der Waals surface area (Å²) < 4.78 is 1.62. The Kier molecular flexibility index (Phi) is 5.34. The summed E-state index contributed by atoms with van der Waals surface area (Å²) in [7, 11) is -0.998. The van der Waals surface area contributed by atoms with Crippen molar-refractivity contribution in [2.45, 2.75) is 9.79 Å². The van der Waals surface area contributed by atoms with Crippen LogP contribution in [0.2, 0.25) is 0 Å². The summed E-state index contributed by atoms with van der Waals surface area (Å²) in [5.74, 6) is -3.58. The summed E-state index contributed by atoms with van der Waals surface area (Å²) in [4.78, 5) is 21.6. The molecule has 0 aliphatic heterocycles. The third kappa shape index (κ3) is 3.73. The van der Waals surface area contributed by atoms with Gasteiger partial charge in [0.15, 0.2) is 0 Å². The van der Waals surface area contributed by atoms with Gasteiger partial charge in [-0.2, -0.15) is 0 Å². The first kappa shape index (κ1) is 15.8. The van der Waals surface area contributed by atoms with Gasteiger partial charge in [0.1, 0.15) is 0 Å². The SMILES string of the molecule is OP(O)(Cl)=S(c1ccccc1Br)c1ccccc1Br. The lowest BCUT2D eigenvalue weighted by atomic mass is 10.4. The first-order chi connectivity index (χ1) is 8.91. The molecule has 2 rings (SSSR count). The topological polar surface area (TPSA) is 40.5 Å². The fourth-order valence-corrected chi connectivity index (χ4v) is 9.32. The van der Waals surface area contributed by atoms with Gasteiger partial charge in [0.2, 0.25) is 5.84 Å². The molecule has 0 amide bonds. The van der Waals surface area contributed by atoms with E-state index in [4.69, 9.17) is 11.2 Å². The maximum absolute atomic E-state index is 10.0. The van der Waals surface area contributed by atoms with Crippen molar-refractivity contribution >= 4 is 59.0 Å². The molecule has 0 aromatic heterocycles. The Morgan fingerprint density at radius 1 is 0.842 bits per heavy atom. The summed E-state index contributed by atoms with van der Waals surface area (Å²) in [5.41, 5.74) is 0. The molecule has 0 spiro atoms. The third-order valence-electron chi connectivity index (χ3n) is 2.32. The summed E-state index contributed by atoms with van der Waals surface area (Å²) in [6, 6.07) is 14.9. The lowest BCUT2D eigenvalue weighted by molar-refractivity contribution is 0.499. The van der Waals surface area contributed by atoms with Gasteiger partial charge < -0.3 is 9.79 Å². The van der Waals surface area contributed by atoms with Crippen LogP contribution in [0.3, 0.4) is 0 Å². The molecular weight excluding hydrogens is 434 g/mol. The van der Waals surface area contributed by atoms with Crippen molar-refractivity contribution in [3.05, 3.63) is 57.5 Å². The molecule has 2 nitrogen and oxygen atoms in total. The normalized spacial score (nSPS) is 11.9. The zero-order valence-electron chi connectivity index (χ0n) is 9.50. The van der Waals surface area contributed by atoms with E-state index >= 15 is 0 Å². The first-order valence-electron chi connectivity index (χ1n) is 5.19. The fraction of sp³-hybridized carbons (Fsp3) is 0. The van der Waals surface area contributed by atoms with Crippen LogP contribution in [0.5, 0.6) is 0 Å². The molecule has 0 bridgehead atoms. The highest BCUT2D eigenvalue weighted by Gasteiger charge is 2.20. The van der Waals surface area contributed by atoms with Crippen molar-refractivity contribution in [3.63, 3.8) is 0 Å². The summed E-state index contributed by atoms with van der Waals surface area (Å²) in [5, 5.41) is 0. The Bertz CT molecular complexity index is 617. The first-order valence-corrected chi connectivity index (χ1v) is 11.2. The molecule has 0 saturated carbocycles. The molecule has 0 fully saturated rings. The van der Waals surface area contributed by atoms with Gasteiger partial charge in [0.25, 0.3) is 0 Å². The zero-order chi connectivity index (χ0) is 14.0. The Morgan fingerprint density at radius 2 is 1.21 bits per heavy atom. The highest BCUT2D eigenvalue weighted by molar-refractivity contribution is 9.11. The van der Waals surface area contributed by atoms with Crippen molar-refractivity contribution in [2.75, 3.05) is 0 Å². The molecule has 0 unspecified atom stereocenters. The number of hydrogen-bond acceptors (Lipinski definition) is 0. The predicted octanol–water partition coefficient (Wildman–Crippen LogP) is 5.15. The molecule has 19 heavy (non-hydrogen) atoms. The van der Waals surface area contributed by atoms with Gasteiger partial charge in [-0.1, -0.05) is 34.3 Å². The van der Waals surface area contributed by atoms with Crippen LogP contribution in [0, 0.1) is 0 Å². The molecule has 2 N–H and O–H groups in total. The highest BCUT2D eigenvalue weighted by atomic mass is 79.9. The minimum absolute atomic E-state index is 0.780. The van der Waals surface area contributed by atoms with Crippen LogP contribution >= 0.6 is 48.9 Å². The van der Waals surface area contributed by atoms with E-state index in [9.17, 15) is 9.79 Å². The van der Waals surface area contributed by atoms with Crippen molar-refractivity contribution in [1.82, 2.24) is 0 Å². The lowest BCUT2D eigenvalue weighted by Gasteiger charge is -2.18. The van der Waals surface area contributed by atoms with Gasteiger partial charge in [-0.25, -0.2) is 0 Å². The molecular formula is C12H10Br2ClO2PS. The van der Waals surface area contributed by atoms with Crippen LogP contribution in [0.4, 0.5) is 0 Å². The van der Waals surface area contributed by atoms with E-state index in [0.29, 0.717) is 0 Å². The second-order valence-electron chi connectivity index (χ2n) is 3.62. The van der Waals surface area contributed by atoms with Crippen LogP contribution in [-0.4, -0.2) is 9.79 Å². The second kappa shape index (κ2) is 6.44. The van der Waals surface area contributed by atoms with Gasteiger partial charge >= 0.3 is 0 Å². The lowest BCUT2D eigenvalue weighted by Crippen LogP contribution is -1.97. The van der Waals surface area contributed by atoms with Crippen molar-refractivity contribution in [2.24, 2.45) is 0 Å². The Morgan fingerprint density at radius 3 is 1.53 bits per heavy atom. The quantitative estimate of drug-likeness (QED) is 0.629. The van der Waals surface area contributed by atoms with Crippen molar-refractivity contribution in [1.29, 1.82) is 0 Å². The maximum Gasteiger partial charge on any atom is 0.244 e. The third-order valence-corrected chi connectivity index (χ3v) is 10.1. The number of halogens is 3. The minimum atomic E-state index is -3.58. The molecule has 7 heteroatoms. The standard InChI is InChI=1S/C12H10Br2ClO2PS/c13-9-5-1-3-7-11(9)19(18(15,16)17)12-8-4-2-6-10(12)14/h1-8,16-17H. The Labute approximate surface area is 135 Å². The summed E-state index contributed by atoms with van der Waals surface area (Å²) >= 11 is 12.8. The van der Waals surface area contributed by atoms with Gasteiger partial charge in [-0.15, -0.1) is 0 Å². The zero-order valence-corrected chi connectivity index (χ0v) is 15.1. The van der Waals surface area contributed by atoms with Crippen molar-refractivity contribution in [3.8, 4) is 0 Å². The van der Waals surface area contributed by atoms with Crippen LogP contribution in [0.25, 0.3) is 0 Å². The number of hydrogen-bond donors (Lipinski definition) is 2. The average Bonchev–Trinajstić information content (AvgIpc) is 2.33. The van der Waals surface area contributed by atoms with E-state index in [-0.39, 0.29) is 0 Å². The van der Waals surface area contributed by atoms with Gasteiger partial charge in [0.05, 0.1) is 0 Å². The minimum Gasteiger partial charge on any atom is -0.337 e. The van der Waals surface area contributed by atoms with E-state index in [1.54, 1.807) is 0 Å². The predicted molar refractivity (Wildman–Crippen MR) is 89.4 cm³/mol. The average molecular weight is 445 g/mol. The van der Waals surface area contributed by atoms with Crippen molar-refractivity contribution < 1.29 is 9.79 Å². The summed E-state index contributed by atoms with van der Waals surface area (Å²) in [6.07, 6.45) is 0. The van der Waals surface area contributed by atoms with Gasteiger partial charge in [-0.05, 0) is 67.4 Å².